The fourth-order valence-corrected chi connectivity index (χ4v) is 2.91. The van der Waals surface area contributed by atoms with Crippen LogP contribution in [0.2, 0.25) is 0 Å². The zero-order chi connectivity index (χ0) is 11.0. The van der Waals surface area contributed by atoms with Crippen LogP contribution < -0.4 is 11.1 Å². The lowest BCUT2D eigenvalue weighted by molar-refractivity contribution is 0.351. The molecule has 0 spiro atoms. The number of rotatable bonds is 2. The second-order valence-electron chi connectivity index (χ2n) is 5.28. The molecule has 2 nitrogen and oxygen atoms in total. The van der Waals surface area contributed by atoms with Gasteiger partial charge in [0.2, 0.25) is 0 Å². The molecular formula is C14H20N2. The quantitative estimate of drug-likeness (QED) is 0.793. The number of hydrogen-bond acceptors (Lipinski definition) is 2. The van der Waals surface area contributed by atoms with E-state index in [0.717, 1.165) is 18.4 Å². The minimum Gasteiger partial charge on any atom is -0.328 e. The highest BCUT2D eigenvalue weighted by Gasteiger charge is 2.27. The summed E-state index contributed by atoms with van der Waals surface area (Å²) in [6, 6.07) is 9.70. The first-order valence-electron chi connectivity index (χ1n) is 6.39. The molecule has 2 aliphatic rings. The standard InChI is InChI=1S/C14H20N2/c15-14-7-13(8-14)11-3-1-10(2-4-11)12-5-6-16-9-12/h1-4,12-14,16H,5-9,15H2. The Kier molecular flexibility index (Phi) is 2.70. The molecule has 1 aliphatic carbocycles. The van der Waals surface area contributed by atoms with Crippen LogP contribution >= 0.6 is 0 Å². The van der Waals surface area contributed by atoms with E-state index in [1.165, 1.54) is 36.9 Å². The molecule has 2 heteroatoms. The molecule has 1 saturated heterocycles. The van der Waals surface area contributed by atoms with Gasteiger partial charge in [-0.05, 0) is 48.8 Å². The minimum atomic E-state index is 0.448. The van der Waals surface area contributed by atoms with E-state index < -0.39 is 0 Å². The van der Waals surface area contributed by atoms with Crippen molar-refractivity contribution in [2.24, 2.45) is 5.73 Å². The Morgan fingerprint density at radius 1 is 1.00 bits per heavy atom. The number of hydrogen-bond donors (Lipinski definition) is 2. The summed E-state index contributed by atoms with van der Waals surface area (Å²) in [5, 5.41) is 3.42. The Balaban J connectivity index is 1.69. The predicted molar refractivity (Wildman–Crippen MR) is 66.6 cm³/mol. The lowest BCUT2D eigenvalue weighted by Crippen LogP contribution is -2.34. The van der Waals surface area contributed by atoms with Crippen molar-refractivity contribution in [1.29, 1.82) is 0 Å². The maximum absolute atomic E-state index is 5.83. The number of nitrogens with one attached hydrogen (secondary N) is 1. The van der Waals surface area contributed by atoms with Crippen molar-refractivity contribution in [3.63, 3.8) is 0 Å². The van der Waals surface area contributed by atoms with Gasteiger partial charge in [-0.25, -0.2) is 0 Å². The molecule has 0 aromatic heterocycles. The summed E-state index contributed by atoms with van der Waals surface area (Å²) in [6.07, 6.45) is 3.63. The van der Waals surface area contributed by atoms with E-state index in [1.807, 2.05) is 0 Å². The molecular weight excluding hydrogens is 196 g/mol. The molecule has 1 heterocycles. The average Bonchev–Trinajstić information content (AvgIpc) is 2.79. The lowest BCUT2D eigenvalue weighted by Gasteiger charge is -2.32. The molecule has 1 atom stereocenters. The molecule has 16 heavy (non-hydrogen) atoms. The summed E-state index contributed by atoms with van der Waals surface area (Å²) in [4.78, 5) is 0. The summed E-state index contributed by atoms with van der Waals surface area (Å²) >= 11 is 0. The molecule has 1 aliphatic heterocycles. The van der Waals surface area contributed by atoms with Crippen LogP contribution in [0.1, 0.15) is 42.2 Å². The van der Waals surface area contributed by atoms with Gasteiger partial charge < -0.3 is 11.1 Å². The summed E-state index contributed by atoms with van der Waals surface area (Å²) in [5.41, 5.74) is 8.81. The van der Waals surface area contributed by atoms with Gasteiger partial charge in [0.1, 0.15) is 0 Å². The van der Waals surface area contributed by atoms with Crippen LogP contribution in [0.5, 0.6) is 0 Å². The third-order valence-corrected chi connectivity index (χ3v) is 4.11. The van der Waals surface area contributed by atoms with Gasteiger partial charge in [-0.1, -0.05) is 24.3 Å². The molecule has 0 amide bonds. The van der Waals surface area contributed by atoms with E-state index in [9.17, 15) is 0 Å². The van der Waals surface area contributed by atoms with Crippen LogP contribution in [0, 0.1) is 0 Å². The van der Waals surface area contributed by atoms with Crippen molar-refractivity contribution in [3.05, 3.63) is 35.4 Å². The Labute approximate surface area is 97.2 Å². The van der Waals surface area contributed by atoms with Crippen molar-refractivity contribution in [3.8, 4) is 0 Å². The third kappa shape index (κ3) is 1.87. The SMILES string of the molecule is NC1CC(c2ccc(C3CCNC3)cc2)C1. The van der Waals surface area contributed by atoms with Gasteiger partial charge in [0.15, 0.2) is 0 Å². The van der Waals surface area contributed by atoms with Crippen molar-refractivity contribution >= 4 is 0 Å². The van der Waals surface area contributed by atoms with Gasteiger partial charge >= 0.3 is 0 Å². The second-order valence-corrected chi connectivity index (χ2v) is 5.28. The fraction of sp³-hybridized carbons (Fsp3) is 0.571. The maximum Gasteiger partial charge on any atom is 0.00504 e. The molecule has 0 bridgehead atoms. The molecule has 3 N–H and O–H groups in total. The van der Waals surface area contributed by atoms with E-state index >= 15 is 0 Å². The zero-order valence-corrected chi connectivity index (χ0v) is 9.65. The maximum atomic E-state index is 5.83. The van der Waals surface area contributed by atoms with Gasteiger partial charge in [0.25, 0.3) is 0 Å². The highest BCUT2D eigenvalue weighted by Crippen LogP contribution is 2.36. The van der Waals surface area contributed by atoms with Crippen LogP contribution in [-0.2, 0) is 0 Å². The smallest absolute Gasteiger partial charge is 0.00504 e. The predicted octanol–water partition coefficient (Wildman–Crippen LogP) is 1.97. The van der Waals surface area contributed by atoms with E-state index in [0.29, 0.717) is 6.04 Å². The molecule has 1 aromatic carbocycles. The monoisotopic (exact) mass is 216 g/mol. The normalized spacial score (nSPS) is 33.7. The van der Waals surface area contributed by atoms with Crippen molar-refractivity contribution < 1.29 is 0 Å². The summed E-state index contributed by atoms with van der Waals surface area (Å²) in [7, 11) is 0. The van der Waals surface area contributed by atoms with Crippen molar-refractivity contribution in [1.82, 2.24) is 5.32 Å². The minimum absolute atomic E-state index is 0.448. The van der Waals surface area contributed by atoms with E-state index in [1.54, 1.807) is 0 Å². The molecule has 1 aromatic rings. The molecule has 86 valence electrons. The largest absolute Gasteiger partial charge is 0.328 e. The Morgan fingerprint density at radius 2 is 1.62 bits per heavy atom. The Bertz CT molecular complexity index is 346. The number of benzene rings is 1. The Morgan fingerprint density at radius 3 is 2.12 bits per heavy atom. The fourth-order valence-electron chi connectivity index (χ4n) is 2.91. The first-order chi connectivity index (χ1) is 7.83. The summed E-state index contributed by atoms with van der Waals surface area (Å²) in [6.45, 7) is 2.32. The van der Waals surface area contributed by atoms with E-state index in [-0.39, 0.29) is 0 Å². The summed E-state index contributed by atoms with van der Waals surface area (Å²) in [5.74, 6) is 1.46. The molecule has 3 rings (SSSR count). The molecule has 2 fully saturated rings. The van der Waals surface area contributed by atoms with Gasteiger partial charge in [-0.2, -0.15) is 0 Å². The van der Waals surface area contributed by atoms with Crippen LogP contribution in [0.15, 0.2) is 24.3 Å². The molecule has 0 radical (unpaired) electrons. The van der Waals surface area contributed by atoms with Crippen LogP contribution in [0.4, 0.5) is 0 Å². The Hall–Kier alpha value is -0.860. The van der Waals surface area contributed by atoms with Crippen LogP contribution in [0.3, 0.4) is 0 Å². The molecule has 1 saturated carbocycles. The van der Waals surface area contributed by atoms with Gasteiger partial charge in [0.05, 0.1) is 0 Å². The zero-order valence-electron chi connectivity index (χ0n) is 9.65. The van der Waals surface area contributed by atoms with E-state index in [2.05, 4.69) is 29.6 Å². The first-order valence-corrected chi connectivity index (χ1v) is 6.39. The average molecular weight is 216 g/mol. The third-order valence-electron chi connectivity index (χ3n) is 4.11. The van der Waals surface area contributed by atoms with Crippen LogP contribution in [-0.4, -0.2) is 19.1 Å². The highest BCUT2D eigenvalue weighted by molar-refractivity contribution is 5.30. The van der Waals surface area contributed by atoms with Crippen molar-refractivity contribution in [2.75, 3.05) is 13.1 Å². The van der Waals surface area contributed by atoms with E-state index in [4.69, 9.17) is 5.73 Å². The topological polar surface area (TPSA) is 38.0 Å². The van der Waals surface area contributed by atoms with Gasteiger partial charge in [0, 0.05) is 12.6 Å². The van der Waals surface area contributed by atoms with Crippen molar-refractivity contribution in [2.45, 2.75) is 37.1 Å². The van der Waals surface area contributed by atoms with Gasteiger partial charge in [-0.15, -0.1) is 0 Å². The van der Waals surface area contributed by atoms with Crippen LogP contribution in [0.25, 0.3) is 0 Å². The lowest BCUT2D eigenvalue weighted by atomic mass is 9.76. The van der Waals surface area contributed by atoms with Gasteiger partial charge in [-0.3, -0.25) is 0 Å². The summed E-state index contributed by atoms with van der Waals surface area (Å²) < 4.78 is 0. The first kappa shape index (κ1) is 10.3. The number of nitrogens with two attached hydrogens (primary N) is 1. The second kappa shape index (κ2) is 4.19. The highest BCUT2D eigenvalue weighted by atomic mass is 14.9. The molecule has 1 unspecified atom stereocenters.